The Morgan fingerprint density at radius 3 is 2.56 bits per heavy atom. The summed E-state index contributed by atoms with van der Waals surface area (Å²) in [5, 5.41) is 0. The van der Waals surface area contributed by atoms with Crippen LogP contribution in [-0.2, 0) is 0 Å². The van der Waals surface area contributed by atoms with Crippen molar-refractivity contribution in [3.05, 3.63) is 34.2 Å². The highest BCUT2D eigenvalue weighted by molar-refractivity contribution is 5.92. The Labute approximate surface area is 107 Å². The van der Waals surface area contributed by atoms with E-state index in [2.05, 4.69) is 9.88 Å². The highest BCUT2D eigenvalue weighted by atomic mass is 16.2. The molecule has 0 aliphatic carbocycles. The van der Waals surface area contributed by atoms with E-state index in [1.807, 2.05) is 21.0 Å². The van der Waals surface area contributed by atoms with E-state index < -0.39 is 0 Å². The SMILES string of the molecule is CCN(CCCN(C)C)C(=O)c1cccc(=O)[nH]1. The minimum Gasteiger partial charge on any atom is -0.338 e. The van der Waals surface area contributed by atoms with Gasteiger partial charge >= 0.3 is 0 Å². The molecule has 1 heterocycles. The standard InChI is InChI=1S/C13H21N3O2/c1-4-16(10-6-9-15(2)3)13(18)11-7-5-8-12(17)14-11/h5,7-8H,4,6,9-10H2,1-3H3,(H,14,17). The fourth-order valence-corrected chi connectivity index (χ4v) is 1.72. The van der Waals surface area contributed by atoms with Crippen molar-refractivity contribution in [3.8, 4) is 0 Å². The Hall–Kier alpha value is -1.62. The molecule has 1 aromatic heterocycles. The van der Waals surface area contributed by atoms with Crippen LogP contribution in [0, 0.1) is 0 Å². The van der Waals surface area contributed by atoms with Crippen LogP contribution in [0.4, 0.5) is 0 Å². The summed E-state index contributed by atoms with van der Waals surface area (Å²) in [5.74, 6) is -0.117. The second kappa shape index (κ2) is 6.96. The molecule has 0 fully saturated rings. The first-order valence-corrected chi connectivity index (χ1v) is 6.18. The van der Waals surface area contributed by atoms with Gasteiger partial charge in [0.25, 0.3) is 5.91 Å². The van der Waals surface area contributed by atoms with Gasteiger partial charge < -0.3 is 14.8 Å². The second-order valence-corrected chi connectivity index (χ2v) is 4.47. The Morgan fingerprint density at radius 1 is 1.28 bits per heavy atom. The zero-order valence-corrected chi connectivity index (χ0v) is 11.3. The van der Waals surface area contributed by atoms with E-state index in [9.17, 15) is 9.59 Å². The van der Waals surface area contributed by atoms with Gasteiger partial charge in [-0.2, -0.15) is 0 Å². The van der Waals surface area contributed by atoms with Crippen LogP contribution in [0.1, 0.15) is 23.8 Å². The molecule has 18 heavy (non-hydrogen) atoms. The number of amides is 1. The zero-order chi connectivity index (χ0) is 13.5. The predicted molar refractivity (Wildman–Crippen MR) is 71.8 cm³/mol. The topological polar surface area (TPSA) is 56.4 Å². The molecule has 100 valence electrons. The monoisotopic (exact) mass is 251 g/mol. The van der Waals surface area contributed by atoms with Crippen molar-refractivity contribution in [2.45, 2.75) is 13.3 Å². The molecule has 0 aliphatic heterocycles. The van der Waals surface area contributed by atoms with Gasteiger partial charge in [0.2, 0.25) is 5.56 Å². The molecule has 5 heteroatoms. The number of pyridine rings is 1. The van der Waals surface area contributed by atoms with E-state index in [1.54, 1.807) is 17.0 Å². The summed E-state index contributed by atoms with van der Waals surface area (Å²) in [6.45, 7) is 4.22. The predicted octanol–water partition coefficient (Wildman–Crippen LogP) is 0.789. The third-order valence-corrected chi connectivity index (χ3v) is 2.70. The largest absolute Gasteiger partial charge is 0.338 e. The highest BCUT2D eigenvalue weighted by Crippen LogP contribution is 2.01. The van der Waals surface area contributed by atoms with Gasteiger partial charge in [0.15, 0.2) is 0 Å². The number of H-pyrrole nitrogens is 1. The molecule has 1 aromatic rings. The maximum Gasteiger partial charge on any atom is 0.270 e. The summed E-state index contributed by atoms with van der Waals surface area (Å²) in [6, 6.07) is 4.64. The maximum absolute atomic E-state index is 12.1. The quantitative estimate of drug-likeness (QED) is 0.813. The molecule has 0 saturated heterocycles. The number of carbonyl (C=O) groups excluding carboxylic acids is 1. The fourth-order valence-electron chi connectivity index (χ4n) is 1.72. The van der Waals surface area contributed by atoms with Gasteiger partial charge in [-0.1, -0.05) is 6.07 Å². The average molecular weight is 251 g/mol. The summed E-state index contributed by atoms with van der Waals surface area (Å²) < 4.78 is 0. The summed E-state index contributed by atoms with van der Waals surface area (Å²) in [4.78, 5) is 29.7. The summed E-state index contributed by atoms with van der Waals surface area (Å²) >= 11 is 0. The van der Waals surface area contributed by atoms with Gasteiger partial charge in [-0.15, -0.1) is 0 Å². The van der Waals surface area contributed by atoms with Gasteiger partial charge in [-0.05, 0) is 40.1 Å². The number of rotatable bonds is 6. The first kappa shape index (κ1) is 14.4. The van der Waals surface area contributed by atoms with Crippen molar-refractivity contribution in [2.75, 3.05) is 33.7 Å². The van der Waals surface area contributed by atoms with Crippen LogP contribution in [0.15, 0.2) is 23.0 Å². The molecule has 5 nitrogen and oxygen atoms in total. The Bertz CT molecular complexity index is 440. The summed E-state index contributed by atoms with van der Waals surface area (Å²) in [6.07, 6.45) is 0.920. The number of hydrogen-bond donors (Lipinski definition) is 1. The number of nitrogens with one attached hydrogen (secondary N) is 1. The molecular formula is C13H21N3O2. The highest BCUT2D eigenvalue weighted by Gasteiger charge is 2.14. The molecule has 1 amide bonds. The lowest BCUT2D eigenvalue weighted by atomic mass is 10.3. The molecule has 0 bridgehead atoms. The molecule has 0 aliphatic rings. The van der Waals surface area contributed by atoms with Gasteiger partial charge in [0.05, 0.1) is 0 Å². The van der Waals surface area contributed by atoms with Crippen LogP contribution in [-0.4, -0.2) is 54.4 Å². The number of aromatic nitrogens is 1. The molecule has 0 aromatic carbocycles. The number of nitrogens with zero attached hydrogens (tertiary/aromatic N) is 2. The van der Waals surface area contributed by atoms with Crippen LogP contribution in [0.3, 0.4) is 0 Å². The normalized spacial score (nSPS) is 10.7. The van der Waals surface area contributed by atoms with Crippen LogP contribution in [0.5, 0.6) is 0 Å². The van der Waals surface area contributed by atoms with E-state index in [0.29, 0.717) is 18.8 Å². The lowest BCUT2D eigenvalue weighted by molar-refractivity contribution is 0.0753. The Morgan fingerprint density at radius 2 is 2.00 bits per heavy atom. The summed E-state index contributed by atoms with van der Waals surface area (Å²) in [5.41, 5.74) is 0.111. The lowest BCUT2D eigenvalue weighted by Crippen LogP contribution is -2.34. The molecular weight excluding hydrogens is 230 g/mol. The van der Waals surface area contributed by atoms with Crippen LogP contribution in [0.25, 0.3) is 0 Å². The third kappa shape index (κ3) is 4.33. The molecule has 0 spiro atoms. The molecule has 1 N–H and O–H groups in total. The fraction of sp³-hybridized carbons (Fsp3) is 0.538. The molecule has 0 unspecified atom stereocenters. The lowest BCUT2D eigenvalue weighted by Gasteiger charge is -2.21. The van der Waals surface area contributed by atoms with Gasteiger partial charge in [-0.3, -0.25) is 9.59 Å². The van der Waals surface area contributed by atoms with Crippen LogP contribution in [0.2, 0.25) is 0 Å². The van der Waals surface area contributed by atoms with Gasteiger partial charge in [0.1, 0.15) is 5.69 Å². The van der Waals surface area contributed by atoms with E-state index in [1.165, 1.54) is 6.07 Å². The van der Waals surface area contributed by atoms with Crippen LogP contribution < -0.4 is 5.56 Å². The number of hydrogen-bond acceptors (Lipinski definition) is 3. The molecule has 1 rings (SSSR count). The van der Waals surface area contributed by atoms with Crippen molar-refractivity contribution in [1.82, 2.24) is 14.8 Å². The van der Waals surface area contributed by atoms with Gasteiger partial charge in [-0.25, -0.2) is 0 Å². The zero-order valence-electron chi connectivity index (χ0n) is 11.3. The molecule has 0 saturated carbocycles. The third-order valence-electron chi connectivity index (χ3n) is 2.70. The van der Waals surface area contributed by atoms with Crippen molar-refractivity contribution in [1.29, 1.82) is 0 Å². The minimum absolute atomic E-state index is 0.117. The smallest absolute Gasteiger partial charge is 0.270 e. The van der Waals surface area contributed by atoms with Crippen molar-refractivity contribution < 1.29 is 4.79 Å². The van der Waals surface area contributed by atoms with Gasteiger partial charge in [0, 0.05) is 19.2 Å². The molecule has 0 atom stereocenters. The average Bonchev–Trinajstić information content (AvgIpc) is 2.33. The van der Waals surface area contributed by atoms with E-state index in [-0.39, 0.29) is 11.5 Å². The second-order valence-electron chi connectivity index (χ2n) is 4.47. The van der Waals surface area contributed by atoms with Crippen LogP contribution >= 0.6 is 0 Å². The minimum atomic E-state index is -0.245. The Kier molecular flexibility index (Phi) is 5.58. The van der Waals surface area contributed by atoms with Crippen molar-refractivity contribution >= 4 is 5.91 Å². The van der Waals surface area contributed by atoms with E-state index in [0.717, 1.165) is 13.0 Å². The number of aromatic amines is 1. The Balaban J connectivity index is 2.64. The number of carbonyl (C=O) groups is 1. The van der Waals surface area contributed by atoms with Crippen molar-refractivity contribution in [2.24, 2.45) is 0 Å². The van der Waals surface area contributed by atoms with Crippen molar-refractivity contribution in [3.63, 3.8) is 0 Å². The maximum atomic E-state index is 12.1. The molecule has 0 radical (unpaired) electrons. The van der Waals surface area contributed by atoms with E-state index in [4.69, 9.17) is 0 Å². The first-order valence-electron chi connectivity index (χ1n) is 6.18. The van der Waals surface area contributed by atoms with E-state index >= 15 is 0 Å². The first-order chi connectivity index (χ1) is 8.54. The summed E-state index contributed by atoms with van der Waals surface area (Å²) in [7, 11) is 4.01.